The molecule has 2 aromatic heterocycles. The molecule has 0 spiro atoms. The first-order valence-electron chi connectivity index (χ1n) is 5.99. The standard InChI is InChI=1S/C13H9F3N2O3/c14-13(15,16)10(19)5-11-17-12(18-21-11)8-6-20-9-4-2-1-3-7(8)9/h1-4,6,10,19H,5H2. The molecule has 3 rings (SSSR count). The summed E-state index contributed by atoms with van der Waals surface area (Å²) < 4.78 is 46.8. The number of aliphatic hydroxyl groups is 1. The molecule has 1 N–H and O–H groups in total. The zero-order valence-electron chi connectivity index (χ0n) is 10.5. The van der Waals surface area contributed by atoms with E-state index in [1.807, 2.05) is 0 Å². The summed E-state index contributed by atoms with van der Waals surface area (Å²) in [6.45, 7) is 0. The van der Waals surface area contributed by atoms with E-state index in [-0.39, 0.29) is 11.7 Å². The molecule has 0 aliphatic rings. The molecule has 8 heteroatoms. The fraction of sp³-hybridized carbons (Fsp3) is 0.231. The Labute approximate surface area is 116 Å². The molecule has 0 fully saturated rings. The highest BCUT2D eigenvalue weighted by Gasteiger charge is 2.39. The predicted octanol–water partition coefficient (Wildman–Crippen LogP) is 2.95. The van der Waals surface area contributed by atoms with E-state index in [0.29, 0.717) is 11.1 Å². The largest absolute Gasteiger partial charge is 0.464 e. The molecule has 5 nitrogen and oxygen atoms in total. The molecule has 110 valence electrons. The molecule has 0 aliphatic heterocycles. The highest BCUT2D eigenvalue weighted by molar-refractivity contribution is 5.91. The number of para-hydroxylation sites is 1. The Balaban J connectivity index is 1.88. The number of hydrogen-bond donors (Lipinski definition) is 1. The van der Waals surface area contributed by atoms with Gasteiger partial charge in [-0.1, -0.05) is 23.4 Å². The lowest BCUT2D eigenvalue weighted by molar-refractivity contribution is -0.204. The van der Waals surface area contributed by atoms with Crippen LogP contribution in [-0.2, 0) is 6.42 Å². The summed E-state index contributed by atoms with van der Waals surface area (Å²) in [7, 11) is 0. The van der Waals surface area contributed by atoms with Crippen molar-refractivity contribution in [3.63, 3.8) is 0 Å². The number of nitrogens with zero attached hydrogens (tertiary/aromatic N) is 2. The second-order valence-corrected chi connectivity index (χ2v) is 4.42. The van der Waals surface area contributed by atoms with E-state index >= 15 is 0 Å². The third kappa shape index (κ3) is 2.62. The molecular weight excluding hydrogens is 289 g/mol. The van der Waals surface area contributed by atoms with Gasteiger partial charge in [-0.15, -0.1) is 0 Å². The lowest BCUT2D eigenvalue weighted by Gasteiger charge is -2.11. The average Bonchev–Trinajstić information content (AvgIpc) is 3.03. The fourth-order valence-corrected chi connectivity index (χ4v) is 1.88. The van der Waals surface area contributed by atoms with Crippen molar-refractivity contribution in [2.45, 2.75) is 18.7 Å². The molecule has 0 radical (unpaired) electrons. The van der Waals surface area contributed by atoms with Gasteiger partial charge in [0, 0.05) is 5.39 Å². The molecule has 0 saturated heterocycles. The SMILES string of the molecule is OC(Cc1nc(-c2coc3ccccc23)no1)C(F)(F)F. The molecule has 0 amide bonds. The average molecular weight is 298 g/mol. The Morgan fingerprint density at radius 3 is 2.76 bits per heavy atom. The van der Waals surface area contributed by atoms with Crippen LogP contribution in [0.5, 0.6) is 0 Å². The summed E-state index contributed by atoms with van der Waals surface area (Å²) in [5.74, 6) is -0.176. The van der Waals surface area contributed by atoms with Gasteiger partial charge in [0.2, 0.25) is 11.7 Å². The molecule has 3 aromatic rings. The smallest absolute Gasteiger partial charge is 0.414 e. The van der Waals surface area contributed by atoms with Crippen molar-refractivity contribution in [3.8, 4) is 11.4 Å². The van der Waals surface area contributed by atoms with E-state index < -0.39 is 18.7 Å². The van der Waals surface area contributed by atoms with Crippen molar-refractivity contribution < 1.29 is 27.2 Å². The number of furan rings is 1. The van der Waals surface area contributed by atoms with Crippen LogP contribution in [0.25, 0.3) is 22.4 Å². The van der Waals surface area contributed by atoms with Gasteiger partial charge in [0.05, 0.1) is 12.0 Å². The number of aromatic nitrogens is 2. The number of fused-ring (bicyclic) bond motifs is 1. The summed E-state index contributed by atoms with van der Waals surface area (Å²) in [6.07, 6.45) is -6.64. The summed E-state index contributed by atoms with van der Waals surface area (Å²) in [4.78, 5) is 3.86. The molecule has 1 unspecified atom stereocenters. The van der Waals surface area contributed by atoms with Crippen LogP contribution in [-0.4, -0.2) is 27.5 Å². The van der Waals surface area contributed by atoms with Gasteiger partial charge in [0.15, 0.2) is 6.10 Å². The molecule has 21 heavy (non-hydrogen) atoms. The summed E-state index contributed by atoms with van der Waals surface area (Å²) in [6, 6.07) is 7.09. The number of halogens is 3. The van der Waals surface area contributed by atoms with Crippen LogP contribution in [0, 0.1) is 0 Å². The third-order valence-corrected chi connectivity index (χ3v) is 2.94. The van der Waals surface area contributed by atoms with Crippen LogP contribution in [0.15, 0.2) is 39.5 Å². The first-order chi connectivity index (χ1) is 9.95. The number of rotatable bonds is 3. The van der Waals surface area contributed by atoms with Crippen LogP contribution < -0.4 is 0 Å². The molecule has 1 aromatic carbocycles. The maximum absolute atomic E-state index is 12.3. The molecule has 0 bridgehead atoms. The van der Waals surface area contributed by atoms with Gasteiger partial charge in [-0.05, 0) is 6.07 Å². The fourth-order valence-electron chi connectivity index (χ4n) is 1.88. The van der Waals surface area contributed by atoms with Crippen LogP contribution in [0.4, 0.5) is 13.2 Å². The Morgan fingerprint density at radius 1 is 1.24 bits per heavy atom. The van der Waals surface area contributed by atoms with Gasteiger partial charge < -0.3 is 14.0 Å². The quantitative estimate of drug-likeness (QED) is 0.805. The van der Waals surface area contributed by atoms with Gasteiger partial charge in [-0.2, -0.15) is 18.2 Å². The van der Waals surface area contributed by atoms with E-state index in [1.165, 1.54) is 6.26 Å². The lowest BCUT2D eigenvalue weighted by atomic mass is 10.2. The van der Waals surface area contributed by atoms with Crippen LogP contribution in [0.1, 0.15) is 5.89 Å². The van der Waals surface area contributed by atoms with E-state index in [1.54, 1.807) is 24.3 Å². The van der Waals surface area contributed by atoms with Gasteiger partial charge in [0.1, 0.15) is 11.8 Å². The highest BCUT2D eigenvalue weighted by atomic mass is 19.4. The van der Waals surface area contributed by atoms with Gasteiger partial charge in [0.25, 0.3) is 0 Å². The molecule has 0 aliphatic carbocycles. The monoisotopic (exact) mass is 298 g/mol. The Kier molecular flexibility index (Phi) is 3.17. The van der Waals surface area contributed by atoms with Gasteiger partial charge in [-0.3, -0.25) is 0 Å². The van der Waals surface area contributed by atoms with Crippen LogP contribution in [0.3, 0.4) is 0 Å². The van der Waals surface area contributed by atoms with Gasteiger partial charge >= 0.3 is 6.18 Å². The Morgan fingerprint density at radius 2 is 2.00 bits per heavy atom. The van der Waals surface area contributed by atoms with Crippen LogP contribution >= 0.6 is 0 Å². The molecule has 0 saturated carbocycles. The molecular formula is C13H9F3N2O3. The zero-order valence-corrected chi connectivity index (χ0v) is 10.5. The maximum Gasteiger partial charge on any atom is 0.414 e. The first-order valence-corrected chi connectivity index (χ1v) is 5.99. The van der Waals surface area contributed by atoms with E-state index in [9.17, 15) is 13.2 Å². The normalized spacial score (nSPS) is 13.7. The minimum atomic E-state index is -4.73. The Bertz CT molecular complexity index is 763. The van der Waals surface area contributed by atoms with E-state index in [2.05, 4.69) is 10.1 Å². The topological polar surface area (TPSA) is 72.3 Å². The maximum atomic E-state index is 12.3. The summed E-state index contributed by atoms with van der Waals surface area (Å²) in [5.41, 5.74) is 1.12. The second kappa shape index (κ2) is 4.88. The Hall–Kier alpha value is -2.35. The van der Waals surface area contributed by atoms with E-state index in [4.69, 9.17) is 14.0 Å². The van der Waals surface area contributed by atoms with Crippen LogP contribution in [0.2, 0.25) is 0 Å². The minimum Gasteiger partial charge on any atom is -0.464 e. The van der Waals surface area contributed by atoms with E-state index in [0.717, 1.165) is 5.39 Å². The van der Waals surface area contributed by atoms with Crippen molar-refractivity contribution in [3.05, 3.63) is 36.4 Å². The van der Waals surface area contributed by atoms with Gasteiger partial charge in [-0.25, -0.2) is 0 Å². The number of aliphatic hydroxyl groups excluding tert-OH is 1. The summed E-state index contributed by atoms with van der Waals surface area (Å²) in [5, 5.41) is 13.3. The number of benzene rings is 1. The predicted molar refractivity (Wildman–Crippen MR) is 65.3 cm³/mol. The zero-order chi connectivity index (χ0) is 15.0. The minimum absolute atomic E-state index is 0.115. The summed E-state index contributed by atoms with van der Waals surface area (Å²) >= 11 is 0. The van der Waals surface area contributed by atoms with Crippen molar-refractivity contribution in [2.24, 2.45) is 0 Å². The second-order valence-electron chi connectivity index (χ2n) is 4.42. The van der Waals surface area contributed by atoms with Crippen molar-refractivity contribution in [1.29, 1.82) is 0 Å². The number of alkyl halides is 3. The molecule has 1 atom stereocenters. The highest BCUT2D eigenvalue weighted by Crippen LogP contribution is 2.29. The number of hydrogen-bond acceptors (Lipinski definition) is 5. The lowest BCUT2D eigenvalue weighted by Crippen LogP contribution is -2.30. The third-order valence-electron chi connectivity index (χ3n) is 2.94. The molecule has 2 heterocycles. The van der Waals surface area contributed by atoms with Crippen molar-refractivity contribution in [2.75, 3.05) is 0 Å². The first kappa shape index (κ1) is 13.6. The van der Waals surface area contributed by atoms with Crippen molar-refractivity contribution in [1.82, 2.24) is 10.1 Å². The van der Waals surface area contributed by atoms with Crippen molar-refractivity contribution >= 4 is 11.0 Å².